The summed E-state index contributed by atoms with van der Waals surface area (Å²) < 4.78 is 12.1. The average molecular weight is 286 g/mol. The highest BCUT2D eigenvalue weighted by Crippen LogP contribution is 2.36. The fourth-order valence-corrected chi connectivity index (χ4v) is 2.19. The molecule has 0 aromatic heterocycles. The number of fused-ring (bicyclic) bond motifs is 1. The molecule has 1 aliphatic heterocycles. The maximum atomic E-state index is 6.02. The van der Waals surface area contributed by atoms with Gasteiger partial charge in [-0.15, -0.1) is 0 Å². The number of hydrogen-bond acceptors (Lipinski definition) is 3. The van der Waals surface area contributed by atoms with Gasteiger partial charge < -0.3 is 15.2 Å². The normalized spacial score (nSPS) is 15.0. The fourth-order valence-electron chi connectivity index (χ4n) is 1.73. The van der Waals surface area contributed by atoms with Gasteiger partial charge in [-0.25, -0.2) is 0 Å². The van der Waals surface area contributed by atoms with Gasteiger partial charge in [0, 0.05) is 10.0 Å². The fraction of sp³-hybridized carbons (Fsp3) is 0.500. The van der Waals surface area contributed by atoms with Crippen molar-refractivity contribution in [1.29, 1.82) is 0 Å². The first kappa shape index (κ1) is 11.7. The van der Waals surface area contributed by atoms with Crippen LogP contribution in [0.15, 0.2) is 16.6 Å². The van der Waals surface area contributed by atoms with Crippen LogP contribution in [-0.4, -0.2) is 18.8 Å². The van der Waals surface area contributed by atoms with Crippen molar-refractivity contribution < 1.29 is 9.47 Å². The molecular formula is C12H16BrNO2. The molecule has 0 aliphatic carbocycles. The number of hydrogen-bond donors (Lipinski definition) is 1. The Labute approximate surface area is 104 Å². The highest BCUT2D eigenvalue weighted by Gasteiger charge is 2.18. The first-order valence-electron chi connectivity index (χ1n) is 5.33. The lowest BCUT2D eigenvalue weighted by molar-refractivity contribution is 0.171. The van der Waals surface area contributed by atoms with Crippen LogP contribution >= 0.6 is 15.9 Å². The summed E-state index contributed by atoms with van der Waals surface area (Å²) in [5, 5.41) is 0. The van der Waals surface area contributed by atoms with E-state index in [2.05, 4.69) is 15.9 Å². The molecule has 0 saturated heterocycles. The second-order valence-corrected chi connectivity index (χ2v) is 5.61. The molecule has 3 nitrogen and oxygen atoms in total. The lowest BCUT2D eigenvalue weighted by Crippen LogP contribution is -2.34. The van der Waals surface area contributed by atoms with Crippen LogP contribution in [0, 0.1) is 0 Å². The Balaban J connectivity index is 2.32. The van der Waals surface area contributed by atoms with Crippen LogP contribution in [0.5, 0.6) is 11.5 Å². The summed E-state index contributed by atoms with van der Waals surface area (Å²) in [5.41, 5.74) is 6.94. The molecule has 0 spiro atoms. The van der Waals surface area contributed by atoms with E-state index in [0.29, 0.717) is 13.2 Å². The molecule has 0 atom stereocenters. The summed E-state index contributed by atoms with van der Waals surface area (Å²) in [6, 6.07) is 3.96. The Morgan fingerprint density at radius 2 is 1.81 bits per heavy atom. The zero-order valence-electron chi connectivity index (χ0n) is 9.55. The largest absolute Gasteiger partial charge is 0.486 e. The Morgan fingerprint density at radius 3 is 2.38 bits per heavy atom. The molecule has 0 unspecified atom stereocenters. The van der Waals surface area contributed by atoms with Gasteiger partial charge in [0.15, 0.2) is 11.5 Å². The van der Waals surface area contributed by atoms with Gasteiger partial charge in [-0.3, -0.25) is 0 Å². The van der Waals surface area contributed by atoms with Crippen molar-refractivity contribution in [3.05, 3.63) is 22.2 Å². The highest BCUT2D eigenvalue weighted by atomic mass is 79.9. The van der Waals surface area contributed by atoms with Crippen LogP contribution in [0.4, 0.5) is 0 Å². The van der Waals surface area contributed by atoms with Crippen LogP contribution in [-0.2, 0) is 6.42 Å². The van der Waals surface area contributed by atoms with Gasteiger partial charge in [0.05, 0.1) is 0 Å². The van der Waals surface area contributed by atoms with Gasteiger partial charge in [0.25, 0.3) is 0 Å². The van der Waals surface area contributed by atoms with Crippen molar-refractivity contribution in [3.8, 4) is 11.5 Å². The van der Waals surface area contributed by atoms with E-state index in [1.54, 1.807) is 0 Å². The second-order valence-electron chi connectivity index (χ2n) is 4.75. The molecule has 1 aromatic rings. The molecule has 4 heteroatoms. The first-order valence-corrected chi connectivity index (χ1v) is 6.12. The highest BCUT2D eigenvalue weighted by molar-refractivity contribution is 9.10. The van der Waals surface area contributed by atoms with Crippen LogP contribution < -0.4 is 15.2 Å². The molecule has 1 heterocycles. The Morgan fingerprint density at radius 1 is 1.25 bits per heavy atom. The molecule has 88 valence electrons. The zero-order chi connectivity index (χ0) is 11.8. The minimum absolute atomic E-state index is 0.230. The van der Waals surface area contributed by atoms with Gasteiger partial charge in [-0.1, -0.05) is 15.9 Å². The Bertz CT molecular complexity index is 399. The second kappa shape index (κ2) is 4.26. The minimum atomic E-state index is -0.230. The first-order chi connectivity index (χ1) is 7.46. The van der Waals surface area contributed by atoms with E-state index in [9.17, 15) is 0 Å². The van der Waals surface area contributed by atoms with Crippen molar-refractivity contribution in [2.45, 2.75) is 25.8 Å². The minimum Gasteiger partial charge on any atom is -0.486 e. The third-order valence-corrected chi connectivity index (χ3v) is 3.10. The standard InChI is InChI=1S/C12H16BrNO2/c1-12(2,14)7-8-5-10-11(6-9(8)13)16-4-3-15-10/h5-6H,3-4,7,14H2,1-2H3. The van der Waals surface area contributed by atoms with E-state index in [4.69, 9.17) is 15.2 Å². The van der Waals surface area contributed by atoms with Crippen molar-refractivity contribution >= 4 is 15.9 Å². The average Bonchev–Trinajstić information content (AvgIpc) is 2.17. The van der Waals surface area contributed by atoms with Gasteiger partial charge in [-0.05, 0) is 38.0 Å². The van der Waals surface area contributed by atoms with Crippen LogP contribution in [0.3, 0.4) is 0 Å². The molecule has 1 aliphatic rings. The Kier molecular flexibility index (Phi) is 3.13. The molecular weight excluding hydrogens is 270 g/mol. The van der Waals surface area contributed by atoms with Crippen molar-refractivity contribution in [3.63, 3.8) is 0 Å². The zero-order valence-corrected chi connectivity index (χ0v) is 11.1. The molecule has 0 bridgehead atoms. The monoisotopic (exact) mass is 285 g/mol. The number of benzene rings is 1. The summed E-state index contributed by atoms with van der Waals surface area (Å²) in [5.74, 6) is 1.62. The molecule has 1 aromatic carbocycles. The maximum Gasteiger partial charge on any atom is 0.162 e. The van der Waals surface area contributed by atoms with Crippen molar-refractivity contribution in [2.24, 2.45) is 5.73 Å². The SMILES string of the molecule is CC(C)(N)Cc1cc2c(cc1Br)OCCO2. The van der Waals surface area contributed by atoms with E-state index in [1.807, 2.05) is 26.0 Å². The van der Waals surface area contributed by atoms with Crippen LogP contribution in [0.2, 0.25) is 0 Å². The van der Waals surface area contributed by atoms with E-state index >= 15 is 0 Å². The number of ether oxygens (including phenoxy) is 2. The number of rotatable bonds is 2. The van der Waals surface area contributed by atoms with E-state index in [1.165, 1.54) is 0 Å². The van der Waals surface area contributed by atoms with Gasteiger partial charge in [0.1, 0.15) is 13.2 Å². The summed E-state index contributed by atoms with van der Waals surface area (Å²) in [6.45, 7) is 5.24. The lowest BCUT2D eigenvalue weighted by atomic mass is 9.96. The number of nitrogens with two attached hydrogens (primary N) is 1. The van der Waals surface area contributed by atoms with Crippen molar-refractivity contribution in [1.82, 2.24) is 0 Å². The molecule has 16 heavy (non-hydrogen) atoms. The predicted octanol–water partition coefficient (Wildman–Crippen LogP) is 2.50. The van der Waals surface area contributed by atoms with E-state index in [-0.39, 0.29) is 5.54 Å². The van der Waals surface area contributed by atoms with Gasteiger partial charge >= 0.3 is 0 Å². The third kappa shape index (κ3) is 2.68. The number of halogens is 1. The van der Waals surface area contributed by atoms with Crippen LogP contribution in [0.1, 0.15) is 19.4 Å². The van der Waals surface area contributed by atoms with E-state index in [0.717, 1.165) is 28.0 Å². The third-order valence-electron chi connectivity index (χ3n) is 2.36. The molecule has 0 amide bonds. The quantitative estimate of drug-likeness (QED) is 0.908. The molecule has 0 radical (unpaired) electrons. The maximum absolute atomic E-state index is 6.02. The molecule has 0 saturated carbocycles. The summed E-state index contributed by atoms with van der Waals surface area (Å²) in [6.07, 6.45) is 0.796. The Hall–Kier alpha value is -0.740. The van der Waals surface area contributed by atoms with Gasteiger partial charge in [-0.2, -0.15) is 0 Å². The summed E-state index contributed by atoms with van der Waals surface area (Å²) >= 11 is 3.54. The smallest absolute Gasteiger partial charge is 0.162 e. The molecule has 2 N–H and O–H groups in total. The lowest BCUT2D eigenvalue weighted by Gasteiger charge is -2.23. The molecule has 2 rings (SSSR count). The molecule has 0 fully saturated rings. The topological polar surface area (TPSA) is 44.5 Å². The predicted molar refractivity (Wildman–Crippen MR) is 67.1 cm³/mol. The summed E-state index contributed by atoms with van der Waals surface area (Å²) in [7, 11) is 0. The van der Waals surface area contributed by atoms with Crippen LogP contribution in [0.25, 0.3) is 0 Å². The summed E-state index contributed by atoms with van der Waals surface area (Å²) in [4.78, 5) is 0. The van der Waals surface area contributed by atoms with Crippen molar-refractivity contribution in [2.75, 3.05) is 13.2 Å². The van der Waals surface area contributed by atoms with Gasteiger partial charge in [0.2, 0.25) is 0 Å². The van der Waals surface area contributed by atoms with E-state index < -0.39 is 0 Å².